The molecule has 1 aliphatic carbocycles. The zero-order chi connectivity index (χ0) is 15.5. The van der Waals surface area contributed by atoms with Gasteiger partial charge in [0.1, 0.15) is 5.75 Å². The predicted molar refractivity (Wildman–Crippen MR) is 88.1 cm³/mol. The maximum absolute atomic E-state index is 10.5. The molecule has 2 aromatic rings. The Balaban J connectivity index is 1.70. The molecule has 1 aliphatic rings. The van der Waals surface area contributed by atoms with E-state index in [1.807, 2.05) is 24.3 Å². The Morgan fingerprint density at radius 2 is 2.05 bits per heavy atom. The zero-order valence-corrected chi connectivity index (χ0v) is 13.2. The average Bonchev–Trinajstić information content (AvgIpc) is 2.99. The van der Waals surface area contributed by atoms with Gasteiger partial charge in [-0.15, -0.1) is 0 Å². The second-order valence-electron chi connectivity index (χ2n) is 5.99. The predicted octanol–water partition coefficient (Wildman–Crippen LogP) is 3.35. The number of likely N-dealkylation sites (N-methyl/N-ethyl adjacent to an activating group) is 1. The largest absolute Gasteiger partial charge is 0.497 e. The topological polar surface area (TPSA) is 32.7 Å². The van der Waals surface area contributed by atoms with Crippen LogP contribution in [0.2, 0.25) is 0 Å². The standard InChI is InChI=1S/C19H23NO2/c1-20(18-11-10-14-6-3-4-9-17(14)18)13-19(21)15-7-5-8-16(12-15)22-2/h3-9,12,18-19,21H,10-11,13H2,1-2H3. The molecule has 0 saturated heterocycles. The molecule has 3 nitrogen and oxygen atoms in total. The van der Waals surface area contributed by atoms with Crippen LogP contribution in [0.4, 0.5) is 0 Å². The van der Waals surface area contributed by atoms with Gasteiger partial charge in [-0.2, -0.15) is 0 Å². The van der Waals surface area contributed by atoms with Gasteiger partial charge in [-0.3, -0.25) is 4.90 Å². The maximum Gasteiger partial charge on any atom is 0.119 e. The van der Waals surface area contributed by atoms with E-state index >= 15 is 0 Å². The maximum atomic E-state index is 10.5. The Morgan fingerprint density at radius 1 is 1.23 bits per heavy atom. The Bertz CT molecular complexity index is 641. The number of methoxy groups -OCH3 is 1. The normalized spacial score (nSPS) is 18.3. The molecule has 0 bridgehead atoms. The minimum atomic E-state index is -0.507. The molecule has 0 saturated carbocycles. The molecule has 0 fully saturated rings. The van der Waals surface area contributed by atoms with Crippen LogP contribution in [0.25, 0.3) is 0 Å². The van der Waals surface area contributed by atoms with Gasteiger partial charge in [0, 0.05) is 12.6 Å². The summed E-state index contributed by atoms with van der Waals surface area (Å²) in [5.74, 6) is 0.783. The van der Waals surface area contributed by atoms with Crippen LogP contribution in [0.15, 0.2) is 48.5 Å². The third-order valence-electron chi connectivity index (χ3n) is 4.57. The molecule has 0 spiro atoms. The smallest absolute Gasteiger partial charge is 0.119 e. The fourth-order valence-corrected chi connectivity index (χ4v) is 3.35. The van der Waals surface area contributed by atoms with E-state index in [2.05, 4.69) is 36.2 Å². The summed E-state index contributed by atoms with van der Waals surface area (Å²) in [6, 6.07) is 16.7. The van der Waals surface area contributed by atoms with Crippen molar-refractivity contribution in [2.45, 2.75) is 25.0 Å². The van der Waals surface area contributed by atoms with Crippen molar-refractivity contribution in [3.8, 4) is 5.75 Å². The van der Waals surface area contributed by atoms with E-state index in [9.17, 15) is 5.11 Å². The van der Waals surface area contributed by atoms with Crippen LogP contribution in [0.1, 0.15) is 35.3 Å². The summed E-state index contributed by atoms with van der Waals surface area (Å²) in [6.07, 6.45) is 1.74. The molecule has 0 aromatic heterocycles. The van der Waals surface area contributed by atoms with Crippen LogP contribution in [0.3, 0.4) is 0 Å². The number of aryl methyl sites for hydroxylation is 1. The van der Waals surface area contributed by atoms with Gasteiger partial charge in [0.15, 0.2) is 0 Å². The van der Waals surface area contributed by atoms with Gasteiger partial charge in [-0.1, -0.05) is 36.4 Å². The second-order valence-corrected chi connectivity index (χ2v) is 5.99. The van der Waals surface area contributed by atoms with Crippen LogP contribution in [0.5, 0.6) is 5.75 Å². The molecule has 2 unspecified atom stereocenters. The zero-order valence-electron chi connectivity index (χ0n) is 13.2. The molecule has 3 heteroatoms. The second kappa shape index (κ2) is 6.51. The summed E-state index contributed by atoms with van der Waals surface area (Å²) >= 11 is 0. The lowest BCUT2D eigenvalue weighted by molar-refractivity contribution is 0.104. The first-order valence-electron chi connectivity index (χ1n) is 7.79. The third kappa shape index (κ3) is 3.01. The van der Waals surface area contributed by atoms with Gasteiger partial charge in [-0.05, 0) is 48.7 Å². The lowest BCUT2D eigenvalue weighted by Gasteiger charge is -2.27. The van der Waals surface area contributed by atoms with Gasteiger partial charge < -0.3 is 9.84 Å². The summed E-state index contributed by atoms with van der Waals surface area (Å²) in [4.78, 5) is 2.26. The molecule has 0 aliphatic heterocycles. The van der Waals surface area contributed by atoms with Gasteiger partial charge in [0.05, 0.1) is 13.2 Å². The first-order chi connectivity index (χ1) is 10.7. The highest BCUT2D eigenvalue weighted by Gasteiger charge is 2.26. The molecule has 2 atom stereocenters. The van der Waals surface area contributed by atoms with Crippen LogP contribution < -0.4 is 4.74 Å². The number of nitrogens with zero attached hydrogens (tertiary/aromatic N) is 1. The summed E-state index contributed by atoms with van der Waals surface area (Å²) in [6.45, 7) is 0.617. The quantitative estimate of drug-likeness (QED) is 0.918. The van der Waals surface area contributed by atoms with E-state index < -0.39 is 6.10 Å². The number of ether oxygens (including phenoxy) is 1. The van der Waals surface area contributed by atoms with Crippen LogP contribution in [0, 0.1) is 0 Å². The molecule has 22 heavy (non-hydrogen) atoms. The fraction of sp³-hybridized carbons (Fsp3) is 0.368. The van der Waals surface area contributed by atoms with Crippen molar-refractivity contribution in [2.24, 2.45) is 0 Å². The van der Waals surface area contributed by atoms with Crippen LogP contribution in [-0.4, -0.2) is 30.7 Å². The van der Waals surface area contributed by atoms with E-state index in [4.69, 9.17) is 4.74 Å². The van der Waals surface area contributed by atoms with Crippen molar-refractivity contribution in [2.75, 3.05) is 20.7 Å². The van der Waals surface area contributed by atoms with Crippen molar-refractivity contribution < 1.29 is 9.84 Å². The summed E-state index contributed by atoms with van der Waals surface area (Å²) in [5, 5.41) is 10.5. The van der Waals surface area contributed by atoms with Crippen LogP contribution >= 0.6 is 0 Å². The summed E-state index contributed by atoms with van der Waals surface area (Å²) in [7, 11) is 3.74. The summed E-state index contributed by atoms with van der Waals surface area (Å²) < 4.78 is 5.23. The monoisotopic (exact) mass is 297 g/mol. The number of hydrogen-bond donors (Lipinski definition) is 1. The van der Waals surface area contributed by atoms with E-state index in [-0.39, 0.29) is 0 Å². The number of aliphatic hydroxyl groups excluding tert-OH is 1. The molecule has 0 amide bonds. The van der Waals surface area contributed by atoms with Crippen molar-refractivity contribution >= 4 is 0 Å². The van der Waals surface area contributed by atoms with E-state index in [1.54, 1.807) is 7.11 Å². The third-order valence-corrected chi connectivity index (χ3v) is 4.57. The van der Waals surface area contributed by atoms with Gasteiger partial charge in [-0.25, -0.2) is 0 Å². The average molecular weight is 297 g/mol. The highest BCUT2D eigenvalue weighted by molar-refractivity contribution is 5.34. The molecular weight excluding hydrogens is 274 g/mol. The van der Waals surface area contributed by atoms with E-state index in [1.165, 1.54) is 11.1 Å². The molecule has 0 heterocycles. The van der Waals surface area contributed by atoms with Crippen molar-refractivity contribution in [1.29, 1.82) is 0 Å². The lowest BCUT2D eigenvalue weighted by atomic mass is 10.1. The van der Waals surface area contributed by atoms with Crippen LogP contribution in [-0.2, 0) is 6.42 Å². The first-order valence-corrected chi connectivity index (χ1v) is 7.79. The fourth-order valence-electron chi connectivity index (χ4n) is 3.35. The Labute approximate surface area is 132 Å². The lowest BCUT2D eigenvalue weighted by Crippen LogP contribution is -2.28. The Kier molecular flexibility index (Phi) is 4.46. The van der Waals surface area contributed by atoms with Gasteiger partial charge >= 0.3 is 0 Å². The number of aliphatic hydroxyl groups is 1. The highest BCUT2D eigenvalue weighted by Crippen LogP contribution is 2.35. The number of hydrogen-bond acceptors (Lipinski definition) is 3. The summed E-state index contributed by atoms with van der Waals surface area (Å²) in [5.41, 5.74) is 3.75. The molecular formula is C19H23NO2. The van der Waals surface area contributed by atoms with Gasteiger partial charge in [0.25, 0.3) is 0 Å². The molecule has 0 radical (unpaired) electrons. The van der Waals surface area contributed by atoms with Crippen molar-refractivity contribution in [1.82, 2.24) is 4.90 Å². The van der Waals surface area contributed by atoms with Crippen molar-refractivity contribution in [3.63, 3.8) is 0 Å². The highest BCUT2D eigenvalue weighted by atomic mass is 16.5. The Morgan fingerprint density at radius 3 is 2.86 bits per heavy atom. The number of fused-ring (bicyclic) bond motifs is 1. The molecule has 1 N–H and O–H groups in total. The van der Waals surface area contributed by atoms with E-state index in [0.717, 1.165) is 24.2 Å². The Hall–Kier alpha value is -1.84. The molecule has 116 valence electrons. The number of rotatable bonds is 5. The van der Waals surface area contributed by atoms with Crippen molar-refractivity contribution in [3.05, 3.63) is 65.2 Å². The molecule has 2 aromatic carbocycles. The number of benzene rings is 2. The SMILES string of the molecule is COc1cccc(C(O)CN(C)C2CCc3ccccc32)c1. The first kappa shape index (κ1) is 15.1. The van der Waals surface area contributed by atoms with E-state index in [0.29, 0.717) is 12.6 Å². The van der Waals surface area contributed by atoms with Gasteiger partial charge in [0.2, 0.25) is 0 Å². The minimum Gasteiger partial charge on any atom is -0.497 e. The minimum absolute atomic E-state index is 0.399. The molecule has 3 rings (SSSR count).